The van der Waals surface area contributed by atoms with Gasteiger partial charge in [0.25, 0.3) is 5.91 Å². The van der Waals surface area contributed by atoms with Crippen molar-refractivity contribution in [2.45, 2.75) is 0 Å². The van der Waals surface area contributed by atoms with Gasteiger partial charge in [0.2, 0.25) is 5.75 Å². The SMILES string of the molecule is COc1cc(NC(=O)c2cnc(Nc3ccccc3)s2)cc(OC)c1OC. The standard InChI is InChI=1S/C19H19N3O4S/c1-24-14-9-13(10-15(25-2)17(14)26-3)21-18(23)16-11-20-19(27-16)22-12-7-5-4-6-8-12/h4-11H,1-3H3,(H,20,22)(H,21,23). The fraction of sp³-hybridized carbons (Fsp3) is 0.158. The van der Waals surface area contributed by atoms with Crippen LogP contribution >= 0.6 is 11.3 Å². The molecule has 2 N–H and O–H groups in total. The number of carbonyl (C=O) groups excluding carboxylic acids is 1. The van der Waals surface area contributed by atoms with Crippen molar-refractivity contribution in [3.05, 3.63) is 53.5 Å². The molecule has 0 aliphatic carbocycles. The molecule has 0 fully saturated rings. The highest BCUT2D eigenvalue weighted by molar-refractivity contribution is 7.17. The minimum atomic E-state index is -0.275. The average Bonchev–Trinajstić information content (AvgIpc) is 3.16. The number of anilines is 3. The van der Waals surface area contributed by atoms with Gasteiger partial charge in [-0.1, -0.05) is 29.5 Å². The normalized spacial score (nSPS) is 10.2. The maximum Gasteiger partial charge on any atom is 0.267 e. The fourth-order valence-corrected chi connectivity index (χ4v) is 3.16. The molecule has 2 aromatic carbocycles. The molecule has 0 aliphatic rings. The second-order valence-corrected chi connectivity index (χ2v) is 6.42. The summed E-state index contributed by atoms with van der Waals surface area (Å²) < 4.78 is 15.9. The zero-order valence-corrected chi connectivity index (χ0v) is 15.9. The molecule has 0 spiro atoms. The summed E-state index contributed by atoms with van der Waals surface area (Å²) in [6.07, 6.45) is 1.53. The van der Waals surface area contributed by atoms with E-state index in [0.29, 0.717) is 32.9 Å². The number of rotatable bonds is 7. The van der Waals surface area contributed by atoms with Gasteiger partial charge in [-0.15, -0.1) is 0 Å². The number of ether oxygens (including phenoxy) is 3. The predicted octanol–water partition coefficient (Wildman–Crippen LogP) is 4.16. The average molecular weight is 385 g/mol. The third kappa shape index (κ3) is 4.29. The number of hydrogen-bond donors (Lipinski definition) is 2. The van der Waals surface area contributed by atoms with Crippen molar-refractivity contribution in [2.24, 2.45) is 0 Å². The van der Waals surface area contributed by atoms with Gasteiger partial charge in [0, 0.05) is 23.5 Å². The van der Waals surface area contributed by atoms with Gasteiger partial charge in [-0.25, -0.2) is 4.98 Å². The summed E-state index contributed by atoms with van der Waals surface area (Å²) in [7, 11) is 4.57. The third-order valence-electron chi connectivity index (χ3n) is 3.68. The van der Waals surface area contributed by atoms with E-state index < -0.39 is 0 Å². The Hall–Kier alpha value is -3.26. The molecule has 0 radical (unpaired) electrons. The summed E-state index contributed by atoms with van der Waals surface area (Å²) in [5.74, 6) is 1.11. The molecule has 0 atom stereocenters. The molecule has 1 aromatic heterocycles. The number of hydrogen-bond acceptors (Lipinski definition) is 7. The van der Waals surface area contributed by atoms with Gasteiger partial charge in [-0.05, 0) is 12.1 Å². The molecule has 8 heteroatoms. The van der Waals surface area contributed by atoms with Crippen LogP contribution in [0.25, 0.3) is 0 Å². The number of carbonyl (C=O) groups is 1. The van der Waals surface area contributed by atoms with E-state index >= 15 is 0 Å². The number of thiazole rings is 1. The summed E-state index contributed by atoms with van der Waals surface area (Å²) in [6.45, 7) is 0. The van der Waals surface area contributed by atoms with Crippen molar-refractivity contribution in [2.75, 3.05) is 32.0 Å². The van der Waals surface area contributed by atoms with Crippen LogP contribution in [0, 0.1) is 0 Å². The second-order valence-electron chi connectivity index (χ2n) is 5.39. The summed E-state index contributed by atoms with van der Waals surface area (Å²) >= 11 is 1.26. The van der Waals surface area contributed by atoms with Gasteiger partial charge < -0.3 is 24.8 Å². The molecule has 0 unspecified atom stereocenters. The quantitative estimate of drug-likeness (QED) is 0.635. The molecule has 0 bridgehead atoms. The van der Waals surface area contributed by atoms with E-state index in [1.54, 1.807) is 12.1 Å². The van der Waals surface area contributed by atoms with Crippen LogP contribution in [0.3, 0.4) is 0 Å². The second kappa shape index (κ2) is 8.41. The van der Waals surface area contributed by atoms with E-state index in [-0.39, 0.29) is 5.91 Å². The molecule has 3 rings (SSSR count). The van der Waals surface area contributed by atoms with Crippen LogP contribution in [-0.4, -0.2) is 32.2 Å². The molecule has 1 amide bonds. The molecular formula is C19H19N3O4S. The van der Waals surface area contributed by atoms with Crippen molar-refractivity contribution >= 4 is 33.8 Å². The van der Waals surface area contributed by atoms with Crippen molar-refractivity contribution in [1.29, 1.82) is 0 Å². The first-order valence-corrected chi connectivity index (χ1v) is 8.85. The monoisotopic (exact) mass is 385 g/mol. The van der Waals surface area contributed by atoms with E-state index in [9.17, 15) is 4.79 Å². The molecule has 0 saturated carbocycles. The number of benzene rings is 2. The van der Waals surface area contributed by atoms with Crippen LogP contribution in [0.2, 0.25) is 0 Å². The van der Waals surface area contributed by atoms with Crippen LogP contribution < -0.4 is 24.8 Å². The molecule has 7 nitrogen and oxygen atoms in total. The van der Waals surface area contributed by atoms with Crippen molar-refractivity contribution in [1.82, 2.24) is 4.98 Å². The minimum absolute atomic E-state index is 0.275. The first kappa shape index (κ1) is 18.5. The summed E-state index contributed by atoms with van der Waals surface area (Å²) in [6, 6.07) is 13.0. The summed E-state index contributed by atoms with van der Waals surface area (Å²) in [5.41, 5.74) is 1.43. The van der Waals surface area contributed by atoms with Crippen LogP contribution in [0.5, 0.6) is 17.2 Å². The molecule has 1 heterocycles. The molecule has 0 saturated heterocycles. The molecule has 0 aliphatic heterocycles. The Morgan fingerprint density at radius 1 is 0.963 bits per heavy atom. The Morgan fingerprint density at radius 3 is 2.22 bits per heavy atom. The number of amides is 1. The lowest BCUT2D eigenvalue weighted by Crippen LogP contribution is -2.10. The Bertz CT molecular complexity index is 903. The van der Waals surface area contributed by atoms with Crippen LogP contribution in [0.15, 0.2) is 48.7 Å². The van der Waals surface area contributed by atoms with E-state index in [2.05, 4.69) is 15.6 Å². The number of nitrogens with zero attached hydrogens (tertiary/aromatic N) is 1. The van der Waals surface area contributed by atoms with Crippen LogP contribution in [-0.2, 0) is 0 Å². The first-order chi connectivity index (χ1) is 13.1. The summed E-state index contributed by atoms with van der Waals surface area (Å²) in [4.78, 5) is 17.3. The largest absolute Gasteiger partial charge is 0.493 e. The smallest absolute Gasteiger partial charge is 0.267 e. The lowest BCUT2D eigenvalue weighted by Gasteiger charge is -2.14. The van der Waals surface area contributed by atoms with E-state index in [0.717, 1.165) is 5.69 Å². The Morgan fingerprint density at radius 2 is 1.63 bits per heavy atom. The zero-order chi connectivity index (χ0) is 19.2. The number of para-hydroxylation sites is 1. The van der Waals surface area contributed by atoms with E-state index in [1.165, 1.54) is 38.9 Å². The lowest BCUT2D eigenvalue weighted by molar-refractivity contribution is 0.103. The van der Waals surface area contributed by atoms with Gasteiger partial charge in [0.1, 0.15) is 4.88 Å². The fourth-order valence-electron chi connectivity index (χ4n) is 2.43. The molecule has 3 aromatic rings. The van der Waals surface area contributed by atoms with Crippen molar-refractivity contribution < 1.29 is 19.0 Å². The van der Waals surface area contributed by atoms with Gasteiger partial charge in [-0.2, -0.15) is 0 Å². The molecule has 27 heavy (non-hydrogen) atoms. The van der Waals surface area contributed by atoms with Gasteiger partial charge in [-0.3, -0.25) is 4.79 Å². The highest BCUT2D eigenvalue weighted by Crippen LogP contribution is 2.40. The summed E-state index contributed by atoms with van der Waals surface area (Å²) in [5, 5.41) is 6.63. The third-order valence-corrected chi connectivity index (χ3v) is 4.59. The van der Waals surface area contributed by atoms with E-state index in [1.807, 2.05) is 30.3 Å². The van der Waals surface area contributed by atoms with Crippen LogP contribution in [0.1, 0.15) is 9.67 Å². The van der Waals surface area contributed by atoms with Crippen molar-refractivity contribution in [3.8, 4) is 17.2 Å². The Labute approximate surface area is 160 Å². The highest BCUT2D eigenvalue weighted by Gasteiger charge is 2.16. The Balaban J connectivity index is 1.76. The lowest BCUT2D eigenvalue weighted by atomic mass is 10.2. The zero-order valence-electron chi connectivity index (χ0n) is 15.1. The molecule has 140 valence electrons. The van der Waals surface area contributed by atoms with Gasteiger partial charge in [0.05, 0.1) is 27.5 Å². The van der Waals surface area contributed by atoms with Gasteiger partial charge in [0.15, 0.2) is 16.6 Å². The maximum absolute atomic E-state index is 12.6. The number of nitrogens with one attached hydrogen (secondary N) is 2. The molecular weight excluding hydrogens is 366 g/mol. The topological polar surface area (TPSA) is 81.7 Å². The predicted molar refractivity (Wildman–Crippen MR) is 106 cm³/mol. The maximum atomic E-state index is 12.6. The van der Waals surface area contributed by atoms with Gasteiger partial charge >= 0.3 is 0 Å². The minimum Gasteiger partial charge on any atom is -0.493 e. The number of aromatic nitrogens is 1. The van der Waals surface area contributed by atoms with E-state index in [4.69, 9.17) is 14.2 Å². The van der Waals surface area contributed by atoms with Crippen molar-refractivity contribution in [3.63, 3.8) is 0 Å². The highest BCUT2D eigenvalue weighted by atomic mass is 32.1. The first-order valence-electron chi connectivity index (χ1n) is 8.04. The number of methoxy groups -OCH3 is 3. The Kier molecular flexibility index (Phi) is 5.77. The van der Waals surface area contributed by atoms with Crippen LogP contribution in [0.4, 0.5) is 16.5 Å².